The summed E-state index contributed by atoms with van der Waals surface area (Å²) < 4.78 is 5.82. The van der Waals surface area contributed by atoms with Gasteiger partial charge >= 0.3 is 0 Å². The minimum Gasteiger partial charge on any atom is -0.490 e. The molecular weight excluding hydrogens is 234 g/mol. The topological polar surface area (TPSA) is 12.5 Å². The SMILES string of the molecule is CCCN1CCOc2cccc(-c3ccccc3)c21. The fraction of sp³-hybridized carbons (Fsp3) is 0.294. The molecule has 1 heterocycles. The Bertz CT molecular complexity index is 550. The Balaban J connectivity index is 2.11. The molecule has 0 fully saturated rings. The summed E-state index contributed by atoms with van der Waals surface area (Å²) in [5.41, 5.74) is 3.78. The molecule has 0 amide bonds. The van der Waals surface area contributed by atoms with Gasteiger partial charge in [-0.25, -0.2) is 0 Å². The number of ether oxygens (including phenoxy) is 1. The normalized spacial score (nSPS) is 13.8. The van der Waals surface area contributed by atoms with Crippen LogP contribution in [-0.4, -0.2) is 19.7 Å². The Morgan fingerprint density at radius 3 is 2.68 bits per heavy atom. The first-order valence-electron chi connectivity index (χ1n) is 6.96. The number of para-hydroxylation sites is 1. The minimum absolute atomic E-state index is 0.783. The summed E-state index contributed by atoms with van der Waals surface area (Å²) >= 11 is 0. The summed E-state index contributed by atoms with van der Waals surface area (Å²) in [6, 6.07) is 16.9. The average molecular weight is 253 g/mol. The van der Waals surface area contributed by atoms with E-state index in [1.807, 2.05) is 0 Å². The molecule has 3 rings (SSSR count). The number of fused-ring (bicyclic) bond motifs is 1. The molecule has 19 heavy (non-hydrogen) atoms. The summed E-state index contributed by atoms with van der Waals surface area (Å²) in [6.07, 6.45) is 1.16. The highest BCUT2D eigenvalue weighted by Gasteiger charge is 2.21. The molecule has 0 bridgehead atoms. The van der Waals surface area contributed by atoms with Crippen LogP contribution in [0.25, 0.3) is 11.1 Å². The van der Waals surface area contributed by atoms with Crippen molar-refractivity contribution < 1.29 is 4.74 Å². The van der Waals surface area contributed by atoms with Gasteiger partial charge in [0.1, 0.15) is 12.4 Å². The van der Waals surface area contributed by atoms with Crippen LogP contribution in [0.15, 0.2) is 48.5 Å². The van der Waals surface area contributed by atoms with Gasteiger partial charge in [0.15, 0.2) is 0 Å². The molecule has 0 unspecified atom stereocenters. The second kappa shape index (κ2) is 5.35. The van der Waals surface area contributed by atoms with Crippen molar-refractivity contribution >= 4 is 5.69 Å². The van der Waals surface area contributed by atoms with E-state index in [0.29, 0.717) is 0 Å². The summed E-state index contributed by atoms with van der Waals surface area (Å²) in [6.45, 7) is 5.07. The van der Waals surface area contributed by atoms with E-state index in [9.17, 15) is 0 Å². The van der Waals surface area contributed by atoms with Crippen LogP contribution in [0.3, 0.4) is 0 Å². The molecule has 0 saturated carbocycles. The number of benzene rings is 2. The molecule has 0 aromatic heterocycles. The highest BCUT2D eigenvalue weighted by molar-refractivity contribution is 5.83. The van der Waals surface area contributed by atoms with E-state index in [-0.39, 0.29) is 0 Å². The molecule has 2 heteroatoms. The first-order valence-corrected chi connectivity index (χ1v) is 6.96. The average Bonchev–Trinajstić information content (AvgIpc) is 2.48. The fourth-order valence-electron chi connectivity index (χ4n) is 2.69. The lowest BCUT2D eigenvalue weighted by atomic mass is 10.0. The number of rotatable bonds is 3. The van der Waals surface area contributed by atoms with Gasteiger partial charge in [-0.1, -0.05) is 49.4 Å². The van der Waals surface area contributed by atoms with Crippen molar-refractivity contribution in [1.82, 2.24) is 0 Å². The van der Waals surface area contributed by atoms with Crippen LogP contribution in [-0.2, 0) is 0 Å². The highest BCUT2D eigenvalue weighted by atomic mass is 16.5. The first-order chi connectivity index (χ1) is 9.40. The van der Waals surface area contributed by atoms with E-state index in [1.165, 1.54) is 16.8 Å². The van der Waals surface area contributed by atoms with Crippen LogP contribution in [0.4, 0.5) is 5.69 Å². The van der Waals surface area contributed by atoms with Crippen molar-refractivity contribution in [3.05, 3.63) is 48.5 Å². The van der Waals surface area contributed by atoms with Crippen LogP contribution in [0, 0.1) is 0 Å². The first kappa shape index (κ1) is 12.1. The second-order valence-electron chi connectivity index (χ2n) is 4.85. The zero-order chi connectivity index (χ0) is 13.1. The molecule has 0 saturated heterocycles. The lowest BCUT2D eigenvalue weighted by Crippen LogP contribution is -2.33. The third-order valence-electron chi connectivity index (χ3n) is 3.51. The Morgan fingerprint density at radius 1 is 1.05 bits per heavy atom. The lowest BCUT2D eigenvalue weighted by molar-refractivity contribution is 0.308. The predicted octanol–water partition coefficient (Wildman–Crippen LogP) is 3.96. The van der Waals surface area contributed by atoms with E-state index in [2.05, 4.69) is 60.4 Å². The fourth-order valence-corrected chi connectivity index (χ4v) is 2.69. The number of hydrogen-bond acceptors (Lipinski definition) is 2. The van der Waals surface area contributed by atoms with Crippen LogP contribution < -0.4 is 9.64 Å². The van der Waals surface area contributed by atoms with Gasteiger partial charge in [0, 0.05) is 12.1 Å². The van der Waals surface area contributed by atoms with Gasteiger partial charge in [-0.15, -0.1) is 0 Å². The third kappa shape index (κ3) is 2.30. The number of anilines is 1. The lowest BCUT2D eigenvalue weighted by Gasteiger charge is -2.33. The maximum absolute atomic E-state index is 5.82. The van der Waals surface area contributed by atoms with Crippen molar-refractivity contribution in [3.63, 3.8) is 0 Å². The van der Waals surface area contributed by atoms with Crippen molar-refractivity contribution in [3.8, 4) is 16.9 Å². The van der Waals surface area contributed by atoms with Gasteiger partial charge in [0.2, 0.25) is 0 Å². The standard InChI is InChI=1S/C17H19NO/c1-2-11-18-12-13-19-16-10-6-9-15(17(16)18)14-7-4-3-5-8-14/h3-10H,2,11-13H2,1H3. The molecule has 1 aliphatic rings. The number of nitrogens with zero attached hydrogens (tertiary/aromatic N) is 1. The molecule has 0 radical (unpaired) electrons. The summed E-state index contributed by atoms with van der Waals surface area (Å²) in [5, 5.41) is 0. The van der Waals surface area contributed by atoms with Gasteiger partial charge in [-0.05, 0) is 18.1 Å². The van der Waals surface area contributed by atoms with E-state index in [4.69, 9.17) is 4.74 Å². The Hall–Kier alpha value is -1.96. The van der Waals surface area contributed by atoms with Gasteiger partial charge < -0.3 is 9.64 Å². The second-order valence-corrected chi connectivity index (χ2v) is 4.85. The summed E-state index contributed by atoms with van der Waals surface area (Å²) in [4.78, 5) is 2.45. The molecule has 0 atom stereocenters. The quantitative estimate of drug-likeness (QED) is 0.821. The molecule has 2 nitrogen and oxygen atoms in total. The summed E-state index contributed by atoms with van der Waals surface area (Å²) in [5.74, 6) is 1.01. The van der Waals surface area contributed by atoms with Gasteiger partial charge in [-0.2, -0.15) is 0 Å². The molecule has 0 N–H and O–H groups in total. The Labute approximate surface area is 114 Å². The maximum Gasteiger partial charge on any atom is 0.143 e. The highest BCUT2D eigenvalue weighted by Crippen LogP contribution is 2.40. The van der Waals surface area contributed by atoms with E-state index in [1.54, 1.807) is 0 Å². The van der Waals surface area contributed by atoms with Crippen LogP contribution in [0.5, 0.6) is 5.75 Å². The molecule has 0 spiro atoms. The summed E-state index contributed by atoms with van der Waals surface area (Å²) in [7, 11) is 0. The molecule has 2 aromatic carbocycles. The van der Waals surface area contributed by atoms with Crippen LogP contribution in [0.2, 0.25) is 0 Å². The van der Waals surface area contributed by atoms with Gasteiger partial charge in [0.05, 0.1) is 12.2 Å². The van der Waals surface area contributed by atoms with E-state index >= 15 is 0 Å². The van der Waals surface area contributed by atoms with Crippen LogP contribution in [0.1, 0.15) is 13.3 Å². The molecular formula is C17H19NO. The van der Waals surface area contributed by atoms with Gasteiger partial charge in [-0.3, -0.25) is 0 Å². The molecule has 1 aliphatic heterocycles. The largest absolute Gasteiger partial charge is 0.490 e. The zero-order valence-corrected chi connectivity index (χ0v) is 11.3. The minimum atomic E-state index is 0.783. The smallest absolute Gasteiger partial charge is 0.143 e. The molecule has 98 valence electrons. The van der Waals surface area contributed by atoms with Crippen molar-refractivity contribution in [1.29, 1.82) is 0 Å². The maximum atomic E-state index is 5.82. The van der Waals surface area contributed by atoms with Crippen molar-refractivity contribution in [2.24, 2.45) is 0 Å². The van der Waals surface area contributed by atoms with Crippen molar-refractivity contribution in [2.75, 3.05) is 24.6 Å². The van der Waals surface area contributed by atoms with E-state index in [0.717, 1.165) is 31.9 Å². The Kier molecular flexibility index (Phi) is 3.41. The van der Waals surface area contributed by atoms with Crippen LogP contribution >= 0.6 is 0 Å². The predicted molar refractivity (Wildman–Crippen MR) is 79.9 cm³/mol. The zero-order valence-electron chi connectivity index (χ0n) is 11.3. The Morgan fingerprint density at radius 2 is 1.89 bits per heavy atom. The molecule has 2 aromatic rings. The number of hydrogen-bond donors (Lipinski definition) is 0. The monoisotopic (exact) mass is 253 g/mol. The van der Waals surface area contributed by atoms with Gasteiger partial charge in [0.25, 0.3) is 0 Å². The third-order valence-corrected chi connectivity index (χ3v) is 3.51. The van der Waals surface area contributed by atoms with Crippen molar-refractivity contribution in [2.45, 2.75) is 13.3 Å². The molecule has 0 aliphatic carbocycles. The van der Waals surface area contributed by atoms with E-state index < -0.39 is 0 Å².